The summed E-state index contributed by atoms with van der Waals surface area (Å²) in [6, 6.07) is 0.310. The summed E-state index contributed by atoms with van der Waals surface area (Å²) in [5, 5.41) is 3.40. The van der Waals surface area contributed by atoms with Crippen molar-refractivity contribution in [2.24, 2.45) is 0 Å². The second-order valence-corrected chi connectivity index (χ2v) is 5.30. The van der Waals surface area contributed by atoms with E-state index in [1.807, 2.05) is 6.20 Å². The van der Waals surface area contributed by atoms with Crippen molar-refractivity contribution in [1.82, 2.24) is 15.3 Å². The van der Waals surface area contributed by atoms with Crippen molar-refractivity contribution in [2.75, 3.05) is 13.2 Å². The molecular weight excluding hydrogens is 238 g/mol. The quantitative estimate of drug-likeness (QED) is 0.887. The number of ether oxygens (including phenoxy) is 1. The molecule has 0 aromatic carbocycles. The minimum atomic E-state index is 0.310. The van der Waals surface area contributed by atoms with E-state index in [1.165, 1.54) is 18.4 Å². The van der Waals surface area contributed by atoms with Crippen LogP contribution in [0.3, 0.4) is 0 Å². The number of hydrogen-bond acceptors (Lipinski definition) is 4. The number of hydrogen-bond donors (Lipinski definition) is 1. The van der Waals surface area contributed by atoms with E-state index in [0.29, 0.717) is 12.1 Å². The first-order chi connectivity index (χ1) is 9.20. The van der Waals surface area contributed by atoms with Crippen LogP contribution in [0.15, 0.2) is 6.20 Å². The minimum absolute atomic E-state index is 0.310. The van der Waals surface area contributed by atoms with Crippen LogP contribution in [0.4, 0.5) is 0 Å². The van der Waals surface area contributed by atoms with Gasteiger partial charge in [0.15, 0.2) is 0 Å². The van der Waals surface area contributed by atoms with Crippen LogP contribution in [0.25, 0.3) is 0 Å². The summed E-state index contributed by atoms with van der Waals surface area (Å²) < 4.78 is 5.75. The van der Waals surface area contributed by atoms with Gasteiger partial charge >= 0.3 is 0 Å². The van der Waals surface area contributed by atoms with Gasteiger partial charge in [-0.3, -0.25) is 0 Å². The number of aryl methyl sites for hydroxylation is 1. The highest BCUT2D eigenvalue weighted by molar-refractivity contribution is 5.20. The first-order valence-corrected chi connectivity index (χ1v) is 7.38. The zero-order valence-electron chi connectivity index (χ0n) is 12.3. The Balaban J connectivity index is 2.01. The lowest BCUT2D eigenvalue weighted by molar-refractivity contribution is 0.0156. The Morgan fingerprint density at radius 3 is 2.95 bits per heavy atom. The van der Waals surface area contributed by atoms with Crippen LogP contribution in [0.2, 0.25) is 0 Å². The third-order valence-electron chi connectivity index (χ3n) is 3.73. The highest BCUT2D eigenvalue weighted by Gasteiger charge is 2.17. The molecule has 4 heteroatoms. The second-order valence-electron chi connectivity index (χ2n) is 5.30. The van der Waals surface area contributed by atoms with Gasteiger partial charge in [0.25, 0.3) is 0 Å². The molecule has 1 aliphatic heterocycles. The zero-order valence-corrected chi connectivity index (χ0v) is 12.3. The fourth-order valence-corrected chi connectivity index (χ4v) is 2.64. The van der Waals surface area contributed by atoms with Crippen molar-refractivity contribution in [3.8, 4) is 0 Å². The van der Waals surface area contributed by atoms with Crippen LogP contribution < -0.4 is 5.32 Å². The lowest BCUT2D eigenvalue weighted by Crippen LogP contribution is -2.23. The van der Waals surface area contributed by atoms with Crippen molar-refractivity contribution < 1.29 is 4.74 Å². The van der Waals surface area contributed by atoms with Crippen LogP contribution in [0.1, 0.15) is 56.2 Å². The Morgan fingerprint density at radius 1 is 1.47 bits per heavy atom. The van der Waals surface area contributed by atoms with Crippen molar-refractivity contribution in [3.63, 3.8) is 0 Å². The molecule has 2 unspecified atom stereocenters. The molecule has 0 saturated carbocycles. The van der Waals surface area contributed by atoms with Crippen LogP contribution >= 0.6 is 0 Å². The molecule has 1 fully saturated rings. The molecule has 1 N–H and O–H groups in total. The van der Waals surface area contributed by atoms with Gasteiger partial charge in [0, 0.05) is 36.5 Å². The van der Waals surface area contributed by atoms with Gasteiger partial charge in [-0.05, 0) is 39.7 Å². The van der Waals surface area contributed by atoms with Crippen LogP contribution in [-0.4, -0.2) is 29.2 Å². The number of nitrogens with zero attached hydrogens (tertiary/aromatic N) is 2. The molecule has 0 amide bonds. The summed E-state index contributed by atoms with van der Waals surface area (Å²) in [5.74, 6) is 0.914. The van der Waals surface area contributed by atoms with Gasteiger partial charge in [0.1, 0.15) is 5.82 Å². The highest BCUT2D eigenvalue weighted by Crippen LogP contribution is 2.18. The number of rotatable bonds is 5. The molecule has 2 rings (SSSR count). The van der Waals surface area contributed by atoms with Crippen molar-refractivity contribution >= 4 is 0 Å². The smallest absolute Gasteiger partial charge is 0.131 e. The maximum absolute atomic E-state index is 5.75. The third kappa shape index (κ3) is 3.98. The Labute approximate surface area is 116 Å². The average Bonchev–Trinajstić information content (AvgIpc) is 2.40. The van der Waals surface area contributed by atoms with Gasteiger partial charge in [-0.25, -0.2) is 9.97 Å². The molecule has 1 aromatic heterocycles. The minimum Gasteiger partial charge on any atom is -0.378 e. The van der Waals surface area contributed by atoms with Gasteiger partial charge in [0.2, 0.25) is 0 Å². The predicted molar refractivity (Wildman–Crippen MR) is 76.2 cm³/mol. The molecule has 1 aliphatic rings. The maximum Gasteiger partial charge on any atom is 0.131 e. The maximum atomic E-state index is 5.75. The van der Waals surface area contributed by atoms with Crippen LogP contribution in [0, 0.1) is 6.92 Å². The molecule has 0 aliphatic carbocycles. The molecule has 2 atom stereocenters. The predicted octanol–water partition coefficient (Wildman–Crippen LogP) is 2.57. The lowest BCUT2D eigenvalue weighted by Gasteiger charge is -2.22. The summed E-state index contributed by atoms with van der Waals surface area (Å²) in [4.78, 5) is 9.15. The lowest BCUT2D eigenvalue weighted by atomic mass is 10.1. The van der Waals surface area contributed by atoms with Crippen molar-refractivity contribution in [1.29, 1.82) is 0 Å². The van der Waals surface area contributed by atoms with Crippen molar-refractivity contribution in [3.05, 3.63) is 23.3 Å². The summed E-state index contributed by atoms with van der Waals surface area (Å²) >= 11 is 0. The van der Waals surface area contributed by atoms with E-state index in [0.717, 1.165) is 37.5 Å². The van der Waals surface area contributed by atoms with Crippen LogP contribution in [-0.2, 0) is 11.2 Å². The largest absolute Gasteiger partial charge is 0.378 e. The van der Waals surface area contributed by atoms with Gasteiger partial charge in [-0.1, -0.05) is 6.92 Å². The highest BCUT2D eigenvalue weighted by atomic mass is 16.5. The van der Waals surface area contributed by atoms with E-state index in [-0.39, 0.29) is 0 Å². The third-order valence-corrected chi connectivity index (χ3v) is 3.73. The number of aromatic nitrogens is 2. The SMILES string of the molecule is CCNC(C)c1cnc(CC2CCCCO2)nc1C. The molecule has 0 spiro atoms. The monoisotopic (exact) mass is 263 g/mol. The van der Waals surface area contributed by atoms with Crippen molar-refractivity contribution in [2.45, 2.75) is 58.6 Å². The summed E-state index contributed by atoms with van der Waals surface area (Å²) in [6.07, 6.45) is 6.71. The van der Waals surface area contributed by atoms with E-state index in [1.54, 1.807) is 0 Å². The topological polar surface area (TPSA) is 47.0 Å². The molecule has 2 heterocycles. The van der Waals surface area contributed by atoms with Gasteiger partial charge in [-0.2, -0.15) is 0 Å². The first kappa shape index (κ1) is 14.4. The molecule has 106 valence electrons. The van der Waals surface area contributed by atoms with Crippen LogP contribution in [0.5, 0.6) is 0 Å². The molecule has 0 bridgehead atoms. The Kier molecular flexibility index (Phi) is 5.28. The first-order valence-electron chi connectivity index (χ1n) is 7.38. The van der Waals surface area contributed by atoms with E-state index in [2.05, 4.69) is 36.1 Å². The number of nitrogens with one attached hydrogen (secondary N) is 1. The molecule has 4 nitrogen and oxygen atoms in total. The Hall–Kier alpha value is -1.00. The molecular formula is C15H25N3O. The van der Waals surface area contributed by atoms with E-state index >= 15 is 0 Å². The normalized spacial score (nSPS) is 21.3. The Bertz CT molecular complexity index is 402. The van der Waals surface area contributed by atoms with E-state index in [4.69, 9.17) is 4.74 Å². The fraction of sp³-hybridized carbons (Fsp3) is 0.733. The summed E-state index contributed by atoms with van der Waals surface area (Å²) in [5.41, 5.74) is 2.27. The molecule has 19 heavy (non-hydrogen) atoms. The molecule has 0 radical (unpaired) electrons. The standard InChI is InChI=1S/C15H25N3O/c1-4-16-11(2)14-10-17-15(18-12(14)3)9-13-7-5-6-8-19-13/h10-11,13,16H,4-9H2,1-3H3. The average molecular weight is 263 g/mol. The second kappa shape index (κ2) is 6.96. The summed E-state index contributed by atoms with van der Waals surface area (Å²) in [7, 11) is 0. The molecule has 1 aromatic rings. The van der Waals surface area contributed by atoms with E-state index < -0.39 is 0 Å². The van der Waals surface area contributed by atoms with Gasteiger partial charge in [-0.15, -0.1) is 0 Å². The van der Waals surface area contributed by atoms with Gasteiger partial charge in [0.05, 0.1) is 6.10 Å². The Morgan fingerprint density at radius 2 is 2.32 bits per heavy atom. The summed E-state index contributed by atoms with van der Waals surface area (Å²) in [6.45, 7) is 8.17. The van der Waals surface area contributed by atoms with Gasteiger partial charge < -0.3 is 10.1 Å². The zero-order chi connectivity index (χ0) is 13.7. The fourth-order valence-electron chi connectivity index (χ4n) is 2.64. The van der Waals surface area contributed by atoms with E-state index in [9.17, 15) is 0 Å². The molecule has 1 saturated heterocycles.